The summed E-state index contributed by atoms with van der Waals surface area (Å²) >= 11 is 12.5. The van der Waals surface area contributed by atoms with Crippen LogP contribution in [-0.2, 0) is 14.2 Å². The van der Waals surface area contributed by atoms with E-state index in [0.29, 0.717) is 93.9 Å². The molecule has 1 fully saturated rings. The normalized spacial score (nSPS) is 14.7. The summed E-state index contributed by atoms with van der Waals surface area (Å²) in [5.74, 6) is 6.11. The number of carbonyl (C=O) groups is 2. The third kappa shape index (κ3) is 17.8. The number of ether oxygens (including phenoxy) is 3. The standard InChI is InChI=1S/C58H78Cl2N12O5/c1-67(24-7-21-66-56(63)50-10-3-4-12-53(50)65-22-25-69-27-29-70(30-28-69)55(43-13-17-46(59)18-14-43)44-15-19-47(60)20-16-44)23-6-9-48(61)42-71(64)33-35-76-37-39-77-38-36-75-34-32-68(2)26-31-72-57(73)51-11-5-8-45-40-49(62)41-52(54(45)51)58(72)74/h3-5,8,10-20,40-42,55,65H,6-7,9,21-39,61-62,64H2,1-2H3,(H2,63,66)/b48-42-. The minimum Gasteiger partial charge on any atom is -0.401 e. The molecule has 1 saturated heterocycles. The molecule has 2 aliphatic heterocycles. The molecule has 19 heteroatoms. The molecule has 0 radical (unpaired) electrons. The van der Waals surface area contributed by atoms with Gasteiger partial charge < -0.3 is 51.5 Å². The van der Waals surface area contributed by atoms with E-state index < -0.39 is 0 Å². The quantitative estimate of drug-likeness (QED) is 0.00584. The van der Waals surface area contributed by atoms with Gasteiger partial charge in [-0.2, -0.15) is 0 Å². The monoisotopic (exact) mass is 1090 g/mol. The summed E-state index contributed by atoms with van der Waals surface area (Å²) in [6.07, 6.45) is 4.29. The highest BCUT2D eigenvalue weighted by molar-refractivity contribution is 6.31. The van der Waals surface area contributed by atoms with Crippen LogP contribution >= 0.6 is 23.2 Å². The Labute approximate surface area is 464 Å². The number of carbonyl (C=O) groups excluding carboxylic acids is 2. The molecule has 0 atom stereocenters. The molecule has 77 heavy (non-hydrogen) atoms. The number of nitrogens with two attached hydrogens (primary N) is 4. The maximum Gasteiger partial charge on any atom is 0.261 e. The summed E-state index contributed by atoms with van der Waals surface area (Å²) in [4.78, 5) is 41.9. The van der Waals surface area contributed by atoms with Crippen LogP contribution in [0.5, 0.6) is 0 Å². The zero-order chi connectivity index (χ0) is 54.5. The molecule has 0 aliphatic carbocycles. The fourth-order valence-electron chi connectivity index (χ4n) is 9.69. The van der Waals surface area contributed by atoms with Gasteiger partial charge in [0.05, 0.1) is 57.8 Å². The van der Waals surface area contributed by atoms with Gasteiger partial charge in [-0.15, -0.1) is 0 Å². The fourth-order valence-corrected chi connectivity index (χ4v) is 9.94. The zero-order valence-corrected chi connectivity index (χ0v) is 46.3. The Morgan fingerprint density at radius 1 is 0.701 bits per heavy atom. The number of piperazine rings is 1. The summed E-state index contributed by atoms with van der Waals surface area (Å²) in [5, 5.41) is 8.12. The van der Waals surface area contributed by atoms with E-state index in [-0.39, 0.29) is 24.4 Å². The largest absolute Gasteiger partial charge is 0.401 e. The van der Waals surface area contributed by atoms with Gasteiger partial charge in [-0.1, -0.05) is 71.7 Å². The van der Waals surface area contributed by atoms with Gasteiger partial charge in [0.25, 0.3) is 11.8 Å². The van der Waals surface area contributed by atoms with E-state index >= 15 is 0 Å². The van der Waals surface area contributed by atoms with Crippen molar-refractivity contribution in [3.8, 4) is 0 Å². The predicted molar refractivity (Wildman–Crippen MR) is 311 cm³/mol. The number of likely N-dealkylation sites (N-methyl/N-ethyl adjacent to an activating group) is 1. The number of nitrogens with one attached hydrogen (secondary N) is 1. The number of hydrogen-bond donors (Lipinski definition) is 5. The number of benzene rings is 5. The summed E-state index contributed by atoms with van der Waals surface area (Å²) < 4.78 is 17.1. The molecule has 414 valence electrons. The Morgan fingerprint density at radius 2 is 1.31 bits per heavy atom. The number of imide groups is 1. The van der Waals surface area contributed by atoms with Crippen molar-refractivity contribution in [2.24, 2.45) is 22.3 Å². The van der Waals surface area contributed by atoms with E-state index in [4.69, 9.17) is 65.4 Å². The second kappa shape index (κ2) is 30.4. The van der Waals surface area contributed by atoms with E-state index in [0.717, 1.165) is 104 Å². The SMILES string of the molecule is CN(CCCN=C(N)c1ccccc1NCCN1CCN(C(c2ccc(Cl)cc2)c2ccc(Cl)cc2)CC1)CCC/C(N)=C/N(N)CCOCCOCCOCCN(C)CCN1C(=O)c2cccc3cc(N)cc(c23)C1=O. The van der Waals surface area contributed by atoms with Crippen LogP contribution in [0.2, 0.25) is 10.0 Å². The number of hydrogen-bond acceptors (Lipinski definition) is 15. The van der Waals surface area contributed by atoms with Crippen LogP contribution in [0.3, 0.4) is 0 Å². The second-order valence-corrected chi connectivity index (χ2v) is 20.6. The van der Waals surface area contributed by atoms with Gasteiger partial charge >= 0.3 is 0 Å². The molecular formula is C58H78Cl2N12O5. The Balaban J connectivity index is 0.679. The third-order valence-corrected chi connectivity index (χ3v) is 14.4. The highest BCUT2D eigenvalue weighted by Crippen LogP contribution is 2.33. The molecule has 0 spiro atoms. The van der Waals surface area contributed by atoms with Crippen LogP contribution in [0.15, 0.2) is 120 Å². The van der Waals surface area contributed by atoms with Crippen molar-refractivity contribution in [1.29, 1.82) is 0 Å². The summed E-state index contributed by atoms with van der Waals surface area (Å²) in [5.41, 5.74) is 25.5. The third-order valence-electron chi connectivity index (χ3n) is 13.9. The number of halogens is 2. The average molecular weight is 1090 g/mol. The molecule has 5 aromatic rings. The first kappa shape index (κ1) is 58.8. The van der Waals surface area contributed by atoms with Gasteiger partial charge in [0, 0.05) is 115 Å². The van der Waals surface area contributed by atoms with Crippen molar-refractivity contribution in [1.82, 2.24) is 29.5 Å². The van der Waals surface area contributed by atoms with Crippen LogP contribution in [-0.4, -0.2) is 186 Å². The molecule has 0 saturated carbocycles. The molecule has 2 aliphatic rings. The van der Waals surface area contributed by atoms with E-state index in [9.17, 15) is 9.59 Å². The lowest BCUT2D eigenvalue weighted by Gasteiger charge is -2.40. The predicted octanol–water partition coefficient (Wildman–Crippen LogP) is 6.61. The zero-order valence-electron chi connectivity index (χ0n) is 44.8. The van der Waals surface area contributed by atoms with Crippen LogP contribution in [0.4, 0.5) is 11.4 Å². The fraction of sp³-hybridized carbons (Fsp3) is 0.431. The highest BCUT2D eigenvalue weighted by atomic mass is 35.5. The molecule has 0 unspecified atom stereocenters. The van der Waals surface area contributed by atoms with Gasteiger partial charge in [0.15, 0.2) is 0 Å². The molecule has 7 rings (SSSR count). The van der Waals surface area contributed by atoms with Crippen molar-refractivity contribution < 1.29 is 23.8 Å². The van der Waals surface area contributed by atoms with E-state index in [1.165, 1.54) is 16.0 Å². The molecular weight excluding hydrogens is 1020 g/mol. The number of amidine groups is 1. The molecule has 9 N–H and O–H groups in total. The first-order valence-corrected chi connectivity index (χ1v) is 27.5. The number of aliphatic imine (C=N–C) groups is 1. The first-order chi connectivity index (χ1) is 37.3. The molecule has 0 bridgehead atoms. The van der Waals surface area contributed by atoms with Gasteiger partial charge in [-0.3, -0.25) is 29.3 Å². The molecule has 17 nitrogen and oxygen atoms in total. The number of allylic oxidation sites excluding steroid dienone is 1. The van der Waals surface area contributed by atoms with E-state index in [1.54, 1.807) is 29.4 Å². The van der Waals surface area contributed by atoms with Crippen LogP contribution in [0, 0.1) is 0 Å². The summed E-state index contributed by atoms with van der Waals surface area (Å²) in [7, 11) is 4.04. The van der Waals surface area contributed by atoms with Gasteiger partial charge in [-0.25, -0.2) is 5.84 Å². The summed E-state index contributed by atoms with van der Waals surface area (Å²) in [6, 6.07) is 33.5. The van der Waals surface area contributed by atoms with Crippen LogP contribution in [0.25, 0.3) is 10.8 Å². The number of rotatable bonds is 32. The second-order valence-electron chi connectivity index (χ2n) is 19.7. The molecule has 0 aromatic heterocycles. The highest BCUT2D eigenvalue weighted by Gasteiger charge is 2.33. The number of para-hydroxylation sites is 1. The Bertz CT molecular complexity index is 2680. The number of anilines is 2. The average Bonchev–Trinajstić information content (AvgIpc) is 3.44. The lowest BCUT2D eigenvalue weighted by atomic mass is 9.93. The van der Waals surface area contributed by atoms with Crippen molar-refractivity contribution in [2.75, 3.05) is 150 Å². The van der Waals surface area contributed by atoms with Crippen molar-refractivity contribution in [3.63, 3.8) is 0 Å². The Morgan fingerprint density at radius 3 is 2.00 bits per heavy atom. The van der Waals surface area contributed by atoms with Crippen molar-refractivity contribution in [2.45, 2.75) is 25.3 Å². The maximum absolute atomic E-state index is 13.2. The van der Waals surface area contributed by atoms with Crippen LogP contribution < -0.4 is 28.4 Å². The van der Waals surface area contributed by atoms with Gasteiger partial charge in [0.1, 0.15) is 5.84 Å². The van der Waals surface area contributed by atoms with Crippen molar-refractivity contribution in [3.05, 3.63) is 153 Å². The summed E-state index contributed by atoms with van der Waals surface area (Å²) in [6.45, 7) is 12.6. The number of nitrogens with zero attached hydrogens (tertiary/aromatic N) is 7. The first-order valence-electron chi connectivity index (χ1n) is 26.7. The molecule has 2 heterocycles. The van der Waals surface area contributed by atoms with E-state index in [2.05, 4.69) is 57.4 Å². The minimum absolute atomic E-state index is 0.134. The van der Waals surface area contributed by atoms with Gasteiger partial charge in [-0.05, 0) is 118 Å². The molecule has 5 aromatic carbocycles. The molecule has 2 amide bonds. The van der Waals surface area contributed by atoms with Gasteiger partial charge in [0.2, 0.25) is 0 Å². The number of amides is 2. The lowest BCUT2D eigenvalue weighted by Crippen LogP contribution is -2.48. The van der Waals surface area contributed by atoms with Crippen LogP contribution in [0.1, 0.15) is 62.7 Å². The number of hydrazine groups is 1. The topological polar surface area (TPSA) is 210 Å². The minimum atomic E-state index is -0.320. The Kier molecular flexibility index (Phi) is 23.2. The van der Waals surface area contributed by atoms with E-state index in [1.807, 2.05) is 66.5 Å². The van der Waals surface area contributed by atoms with Crippen molar-refractivity contribution >= 4 is 63.0 Å². The Hall–Kier alpha value is -5.83. The number of nitrogen functional groups attached to an aromatic ring is 1. The lowest BCUT2D eigenvalue weighted by molar-refractivity contribution is 0.00927. The maximum atomic E-state index is 13.2. The smallest absolute Gasteiger partial charge is 0.261 e.